The van der Waals surface area contributed by atoms with Gasteiger partial charge in [-0.1, -0.05) is 48.5 Å². The van der Waals surface area contributed by atoms with Crippen molar-refractivity contribution in [2.45, 2.75) is 6.54 Å². The summed E-state index contributed by atoms with van der Waals surface area (Å²) in [6.45, 7) is 0.244. The molecule has 1 heterocycles. The second-order valence-electron chi connectivity index (χ2n) is 5.34. The fourth-order valence-electron chi connectivity index (χ4n) is 2.31. The number of carbonyl (C=O) groups excluding carboxylic acids is 2. The number of hydrogen-bond acceptors (Lipinski definition) is 4. The molecule has 0 saturated carbocycles. The van der Waals surface area contributed by atoms with Gasteiger partial charge in [-0.3, -0.25) is 9.78 Å². The fraction of sp³-hybridized carbons (Fsp3) is 0.105. The zero-order valence-corrected chi connectivity index (χ0v) is 13.4. The Labute approximate surface area is 144 Å². The Hall–Kier alpha value is -3.41. The lowest BCUT2D eigenvalue weighted by Gasteiger charge is -2.09. The Bertz CT molecular complexity index is 876. The summed E-state index contributed by atoms with van der Waals surface area (Å²) in [7, 11) is 0. The largest absolute Gasteiger partial charge is 0.413 e. The number of nitrogens with one attached hydrogen (secondary N) is 2. The first kappa shape index (κ1) is 16.4. The molecule has 0 bridgehead atoms. The van der Waals surface area contributed by atoms with E-state index in [0.29, 0.717) is 17.8 Å². The molecule has 0 atom stereocenters. The fourth-order valence-corrected chi connectivity index (χ4v) is 2.31. The summed E-state index contributed by atoms with van der Waals surface area (Å²) in [6, 6.07) is 18.5. The Kier molecular flexibility index (Phi) is 5.21. The molecule has 2 aromatic carbocycles. The highest BCUT2D eigenvalue weighted by Crippen LogP contribution is 2.22. The van der Waals surface area contributed by atoms with Gasteiger partial charge in [0.1, 0.15) is 12.1 Å². The van der Waals surface area contributed by atoms with Gasteiger partial charge in [0.2, 0.25) is 5.91 Å². The van der Waals surface area contributed by atoms with E-state index in [1.807, 2.05) is 48.5 Å². The van der Waals surface area contributed by atoms with Crippen molar-refractivity contribution in [2.75, 3.05) is 6.54 Å². The van der Waals surface area contributed by atoms with Crippen LogP contribution < -0.4 is 15.4 Å². The summed E-state index contributed by atoms with van der Waals surface area (Å²) in [5.74, 6) is 0.0529. The number of aromatic nitrogens is 1. The quantitative estimate of drug-likeness (QED) is 0.751. The lowest BCUT2D eigenvalue weighted by molar-refractivity contribution is -0.120. The number of para-hydroxylation sites is 1. The number of rotatable bonds is 5. The molecule has 0 aliphatic heterocycles. The van der Waals surface area contributed by atoms with Crippen LogP contribution in [0.25, 0.3) is 10.9 Å². The number of ether oxygens (including phenoxy) is 1. The second-order valence-corrected chi connectivity index (χ2v) is 5.34. The lowest BCUT2D eigenvalue weighted by atomic mass is 10.2. The van der Waals surface area contributed by atoms with Crippen LogP contribution in [-0.2, 0) is 11.3 Å². The van der Waals surface area contributed by atoms with Gasteiger partial charge in [0, 0.05) is 18.1 Å². The average molecular weight is 335 g/mol. The first-order valence-electron chi connectivity index (χ1n) is 7.82. The van der Waals surface area contributed by atoms with Crippen LogP contribution in [0.5, 0.6) is 5.75 Å². The van der Waals surface area contributed by atoms with Crippen molar-refractivity contribution in [3.63, 3.8) is 0 Å². The van der Waals surface area contributed by atoms with Crippen molar-refractivity contribution in [1.29, 1.82) is 0 Å². The average Bonchev–Trinajstić information content (AvgIpc) is 2.66. The van der Waals surface area contributed by atoms with Gasteiger partial charge in [0.05, 0.1) is 0 Å². The zero-order valence-electron chi connectivity index (χ0n) is 13.4. The van der Waals surface area contributed by atoms with Crippen molar-refractivity contribution >= 4 is 22.9 Å². The Morgan fingerprint density at radius 2 is 1.72 bits per heavy atom. The topological polar surface area (TPSA) is 80.3 Å². The van der Waals surface area contributed by atoms with E-state index in [2.05, 4.69) is 15.6 Å². The highest BCUT2D eigenvalue weighted by atomic mass is 16.6. The lowest BCUT2D eigenvalue weighted by Crippen LogP contribution is -2.37. The molecule has 126 valence electrons. The highest BCUT2D eigenvalue weighted by Gasteiger charge is 2.10. The molecule has 0 aliphatic carbocycles. The minimum absolute atomic E-state index is 0.163. The van der Waals surface area contributed by atoms with Gasteiger partial charge >= 0.3 is 6.09 Å². The molecule has 2 N–H and O–H groups in total. The van der Waals surface area contributed by atoms with Gasteiger partial charge in [-0.25, -0.2) is 4.79 Å². The minimum Gasteiger partial charge on any atom is -0.408 e. The molecule has 2 amide bonds. The predicted molar refractivity (Wildman–Crippen MR) is 94.1 cm³/mol. The molecule has 3 aromatic rings. The van der Waals surface area contributed by atoms with E-state index >= 15 is 0 Å². The standard InChI is InChI=1S/C19H17N3O3/c23-17(21-12-14-6-2-1-3-7-14)13-22-19(24)25-16-10-4-8-15-9-5-11-20-18(15)16/h1-11H,12-13H2,(H,21,23)(H,22,24). The van der Waals surface area contributed by atoms with Crippen LogP contribution >= 0.6 is 0 Å². The van der Waals surface area contributed by atoms with E-state index in [1.54, 1.807) is 18.3 Å². The van der Waals surface area contributed by atoms with Crippen LogP contribution in [-0.4, -0.2) is 23.5 Å². The molecular weight excluding hydrogens is 318 g/mol. The normalized spacial score (nSPS) is 10.2. The molecule has 6 heteroatoms. The third kappa shape index (κ3) is 4.54. The summed E-state index contributed by atoms with van der Waals surface area (Å²) >= 11 is 0. The van der Waals surface area contributed by atoms with E-state index in [1.165, 1.54) is 0 Å². The van der Waals surface area contributed by atoms with Gasteiger partial charge < -0.3 is 15.4 Å². The van der Waals surface area contributed by atoms with E-state index < -0.39 is 6.09 Å². The number of benzene rings is 2. The van der Waals surface area contributed by atoms with Crippen molar-refractivity contribution in [2.24, 2.45) is 0 Å². The molecule has 0 radical (unpaired) electrons. The maximum Gasteiger partial charge on any atom is 0.413 e. The van der Waals surface area contributed by atoms with Gasteiger partial charge in [0.25, 0.3) is 0 Å². The van der Waals surface area contributed by atoms with E-state index in [-0.39, 0.29) is 12.5 Å². The number of hydrogen-bond donors (Lipinski definition) is 2. The van der Waals surface area contributed by atoms with Crippen molar-refractivity contribution in [3.05, 3.63) is 72.4 Å². The first-order chi connectivity index (χ1) is 12.2. The highest BCUT2D eigenvalue weighted by molar-refractivity contribution is 5.87. The zero-order chi connectivity index (χ0) is 17.5. The summed E-state index contributed by atoms with van der Waals surface area (Å²) in [6.07, 6.45) is 0.928. The monoisotopic (exact) mass is 335 g/mol. The third-order valence-electron chi connectivity index (χ3n) is 3.52. The molecule has 1 aromatic heterocycles. The minimum atomic E-state index is -0.701. The molecule has 0 spiro atoms. The summed E-state index contributed by atoms with van der Waals surface area (Å²) < 4.78 is 5.25. The smallest absolute Gasteiger partial charge is 0.408 e. The van der Waals surface area contributed by atoms with Gasteiger partial charge in [0.15, 0.2) is 5.75 Å². The van der Waals surface area contributed by atoms with E-state index in [9.17, 15) is 9.59 Å². The molecular formula is C19H17N3O3. The van der Waals surface area contributed by atoms with Gasteiger partial charge in [-0.15, -0.1) is 0 Å². The molecule has 25 heavy (non-hydrogen) atoms. The number of pyridine rings is 1. The molecule has 0 aliphatic rings. The number of amides is 2. The van der Waals surface area contributed by atoms with E-state index in [0.717, 1.165) is 10.9 Å². The summed E-state index contributed by atoms with van der Waals surface area (Å²) in [5.41, 5.74) is 1.58. The van der Waals surface area contributed by atoms with Crippen LogP contribution in [0.3, 0.4) is 0 Å². The Balaban J connectivity index is 1.50. The molecule has 3 rings (SSSR count). The molecule has 6 nitrogen and oxygen atoms in total. The van der Waals surface area contributed by atoms with Crippen molar-refractivity contribution in [1.82, 2.24) is 15.6 Å². The number of carbonyl (C=O) groups is 2. The maximum atomic E-state index is 11.9. The van der Waals surface area contributed by atoms with Crippen LogP contribution in [0.1, 0.15) is 5.56 Å². The predicted octanol–water partition coefficient (Wildman–Crippen LogP) is 2.64. The SMILES string of the molecule is O=C(CNC(=O)Oc1cccc2cccnc12)NCc1ccccc1. The second kappa shape index (κ2) is 7.92. The van der Waals surface area contributed by atoms with Crippen molar-refractivity contribution < 1.29 is 14.3 Å². The van der Waals surface area contributed by atoms with Crippen LogP contribution in [0, 0.1) is 0 Å². The molecule has 0 unspecified atom stereocenters. The van der Waals surface area contributed by atoms with Crippen molar-refractivity contribution in [3.8, 4) is 5.75 Å². The van der Waals surface area contributed by atoms with Crippen LogP contribution in [0.4, 0.5) is 4.79 Å². The van der Waals surface area contributed by atoms with Crippen LogP contribution in [0.15, 0.2) is 66.9 Å². The first-order valence-corrected chi connectivity index (χ1v) is 7.82. The van der Waals surface area contributed by atoms with Gasteiger partial charge in [-0.05, 0) is 17.7 Å². The summed E-state index contributed by atoms with van der Waals surface area (Å²) in [4.78, 5) is 27.9. The third-order valence-corrected chi connectivity index (χ3v) is 3.52. The molecule has 0 saturated heterocycles. The van der Waals surface area contributed by atoms with Gasteiger partial charge in [-0.2, -0.15) is 0 Å². The van der Waals surface area contributed by atoms with E-state index in [4.69, 9.17) is 4.74 Å². The van der Waals surface area contributed by atoms with Crippen LogP contribution in [0.2, 0.25) is 0 Å². The number of fused-ring (bicyclic) bond motifs is 1. The maximum absolute atomic E-state index is 11.9. The Morgan fingerprint density at radius 3 is 2.56 bits per heavy atom. The summed E-state index contributed by atoms with van der Waals surface area (Å²) in [5, 5.41) is 6.03. The number of nitrogens with zero attached hydrogens (tertiary/aromatic N) is 1. The molecule has 0 fully saturated rings. The Morgan fingerprint density at radius 1 is 0.920 bits per heavy atom.